The Morgan fingerprint density at radius 3 is 2.30 bits per heavy atom. The summed E-state index contributed by atoms with van der Waals surface area (Å²) in [6.07, 6.45) is 0.733. The number of aryl methyl sites for hydroxylation is 1. The number of methoxy groups -OCH3 is 1. The van der Waals surface area contributed by atoms with E-state index < -0.39 is 28.5 Å². The Hall–Kier alpha value is -3.37. The summed E-state index contributed by atoms with van der Waals surface area (Å²) in [7, 11) is -2.66. The molecule has 214 valence electrons. The van der Waals surface area contributed by atoms with Gasteiger partial charge in [-0.2, -0.15) is 0 Å². The predicted octanol–water partition coefficient (Wildman–Crippen LogP) is 5.29. The molecule has 2 amide bonds. The molecular formula is C30H36BrN3O5S. The molecule has 40 heavy (non-hydrogen) atoms. The smallest absolute Gasteiger partial charge is 0.264 e. The van der Waals surface area contributed by atoms with Gasteiger partial charge in [0.05, 0.1) is 17.7 Å². The van der Waals surface area contributed by atoms with Crippen molar-refractivity contribution in [2.75, 3.05) is 18.0 Å². The van der Waals surface area contributed by atoms with E-state index >= 15 is 0 Å². The van der Waals surface area contributed by atoms with Crippen LogP contribution in [0.4, 0.5) is 5.69 Å². The van der Waals surface area contributed by atoms with Gasteiger partial charge in [-0.1, -0.05) is 58.7 Å². The number of nitrogens with zero attached hydrogens (tertiary/aromatic N) is 2. The van der Waals surface area contributed by atoms with Crippen LogP contribution in [-0.4, -0.2) is 50.9 Å². The number of anilines is 1. The lowest BCUT2D eigenvalue weighted by Gasteiger charge is -2.32. The van der Waals surface area contributed by atoms with Crippen molar-refractivity contribution in [2.45, 2.75) is 57.6 Å². The lowest BCUT2D eigenvalue weighted by atomic mass is 10.1. The third-order valence-electron chi connectivity index (χ3n) is 6.64. The molecule has 0 saturated heterocycles. The Morgan fingerprint density at radius 1 is 1.00 bits per heavy atom. The van der Waals surface area contributed by atoms with Crippen molar-refractivity contribution in [3.8, 4) is 5.75 Å². The number of halogens is 1. The van der Waals surface area contributed by atoms with E-state index in [1.807, 2.05) is 45.0 Å². The first-order valence-electron chi connectivity index (χ1n) is 13.0. The molecule has 0 heterocycles. The molecule has 3 aromatic carbocycles. The van der Waals surface area contributed by atoms with E-state index in [4.69, 9.17) is 4.74 Å². The minimum absolute atomic E-state index is 0.0508. The maximum atomic E-state index is 14.0. The topological polar surface area (TPSA) is 96.0 Å². The third kappa shape index (κ3) is 7.85. The summed E-state index contributed by atoms with van der Waals surface area (Å²) < 4.78 is 35.1. The molecule has 0 aliphatic rings. The summed E-state index contributed by atoms with van der Waals surface area (Å²) >= 11 is 3.46. The number of hydrogen-bond donors (Lipinski definition) is 1. The second kappa shape index (κ2) is 13.8. The maximum absolute atomic E-state index is 14.0. The molecule has 0 radical (unpaired) electrons. The Balaban J connectivity index is 2.05. The molecule has 3 aromatic rings. The fourth-order valence-electron chi connectivity index (χ4n) is 4.01. The van der Waals surface area contributed by atoms with E-state index in [0.717, 1.165) is 26.3 Å². The van der Waals surface area contributed by atoms with Gasteiger partial charge in [-0.3, -0.25) is 13.9 Å². The zero-order chi connectivity index (χ0) is 29.4. The molecule has 0 aliphatic carbocycles. The fraction of sp³-hybridized carbons (Fsp3) is 0.333. The Labute approximate surface area is 245 Å². The van der Waals surface area contributed by atoms with Gasteiger partial charge in [0.2, 0.25) is 11.8 Å². The minimum Gasteiger partial charge on any atom is -0.497 e. The summed E-state index contributed by atoms with van der Waals surface area (Å²) in [6.45, 7) is 6.97. The monoisotopic (exact) mass is 629 g/mol. The first kappa shape index (κ1) is 31.2. The highest BCUT2D eigenvalue weighted by molar-refractivity contribution is 9.10. The van der Waals surface area contributed by atoms with Crippen molar-refractivity contribution >= 4 is 43.5 Å². The molecule has 0 fully saturated rings. The maximum Gasteiger partial charge on any atom is 0.264 e. The number of benzene rings is 3. The second-order valence-electron chi connectivity index (χ2n) is 9.67. The minimum atomic E-state index is -4.15. The summed E-state index contributed by atoms with van der Waals surface area (Å²) in [5.74, 6) is -0.390. The molecule has 1 N–H and O–H groups in total. The number of carbonyl (C=O) groups excluding carboxylic acids is 2. The van der Waals surface area contributed by atoms with E-state index in [-0.39, 0.29) is 29.1 Å². The third-order valence-corrected chi connectivity index (χ3v) is 8.92. The second-order valence-corrected chi connectivity index (χ2v) is 12.4. The predicted molar refractivity (Wildman–Crippen MR) is 161 cm³/mol. The van der Waals surface area contributed by atoms with Crippen LogP contribution in [0.5, 0.6) is 5.75 Å². The van der Waals surface area contributed by atoms with E-state index in [0.29, 0.717) is 5.75 Å². The molecular weight excluding hydrogens is 594 g/mol. The van der Waals surface area contributed by atoms with Gasteiger partial charge in [-0.25, -0.2) is 8.42 Å². The van der Waals surface area contributed by atoms with Crippen molar-refractivity contribution in [1.29, 1.82) is 0 Å². The van der Waals surface area contributed by atoms with Gasteiger partial charge in [0, 0.05) is 23.1 Å². The van der Waals surface area contributed by atoms with Crippen molar-refractivity contribution < 1.29 is 22.7 Å². The van der Waals surface area contributed by atoms with Crippen molar-refractivity contribution in [3.05, 3.63) is 88.4 Å². The summed E-state index contributed by atoms with van der Waals surface area (Å²) in [4.78, 5) is 28.6. The molecule has 0 saturated carbocycles. The number of amides is 2. The Morgan fingerprint density at radius 2 is 1.68 bits per heavy atom. The molecule has 3 rings (SSSR count). The zero-order valence-electron chi connectivity index (χ0n) is 23.4. The summed E-state index contributed by atoms with van der Waals surface area (Å²) in [5, 5.41) is 2.93. The Bertz CT molecular complexity index is 1430. The number of sulfonamides is 1. The number of carbonyl (C=O) groups is 2. The quantitative estimate of drug-likeness (QED) is 0.294. The molecule has 2 atom stereocenters. The molecule has 8 nitrogen and oxygen atoms in total. The van der Waals surface area contributed by atoms with Gasteiger partial charge in [-0.15, -0.1) is 0 Å². The normalized spacial score (nSPS) is 12.8. The van der Waals surface area contributed by atoms with E-state index in [1.165, 1.54) is 24.1 Å². The summed E-state index contributed by atoms with van der Waals surface area (Å²) in [5.41, 5.74) is 1.97. The lowest BCUT2D eigenvalue weighted by molar-refractivity contribution is -0.139. The van der Waals surface area contributed by atoms with Gasteiger partial charge in [0.25, 0.3) is 10.0 Å². The number of rotatable bonds is 12. The first-order valence-corrected chi connectivity index (χ1v) is 15.3. The lowest BCUT2D eigenvalue weighted by Crippen LogP contribution is -2.52. The van der Waals surface area contributed by atoms with Crippen LogP contribution in [0.2, 0.25) is 0 Å². The highest BCUT2D eigenvalue weighted by Crippen LogP contribution is 2.28. The number of nitrogens with one attached hydrogen (secondary N) is 1. The van der Waals surface area contributed by atoms with Crippen LogP contribution in [0.3, 0.4) is 0 Å². The van der Waals surface area contributed by atoms with Crippen LogP contribution in [0.1, 0.15) is 38.3 Å². The van der Waals surface area contributed by atoms with Crippen molar-refractivity contribution in [1.82, 2.24) is 10.2 Å². The SMILES string of the molecule is CC[C@@H](C)NC(=O)[C@H](C)N(Cc1cccc(Br)c1)C(=O)CN(c1cccc(OC)c1)S(=O)(=O)c1ccc(C)cc1. The molecule has 10 heteroatoms. The molecule has 0 spiro atoms. The van der Waals surface area contributed by atoms with Gasteiger partial charge in [0.15, 0.2) is 0 Å². The van der Waals surface area contributed by atoms with E-state index in [9.17, 15) is 18.0 Å². The Kier molecular flexibility index (Phi) is 10.8. The highest BCUT2D eigenvalue weighted by atomic mass is 79.9. The van der Waals surface area contributed by atoms with Crippen LogP contribution < -0.4 is 14.4 Å². The molecule has 0 aliphatic heterocycles. The van der Waals surface area contributed by atoms with Crippen LogP contribution in [0, 0.1) is 6.92 Å². The van der Waals surface area contributed by atoms with Gasteiger partial charge in [0.1, 0.15) is 18.3 Å². The van der Waals surface area contributed by atoms with E-state index in [1.54, 1.807) is 43.3 Å². The highest BCUT2D eigenvalue weighted by Gasteiger charge is 2.33. The molecule has 0 unspecified atom stereocenters. The average molecular weight is 631 g/mol. The summed E-state index contributed by atoms with van der Waals surface area (Å²) in [6, 6.07) is 19.5. The standard InChI is InChI=1S/C30H36BrN3O5S/c1-6-22(3)32-30(36)23(4)33(19-24-9-7-10-25(31)17-24)29(35)20-34(26-11-8-12-27(18-26)39-5)40(37,38)28-15-13-21(2)14-16-28/h7-18,22-23H,6,19-20H2,1-5H3,(H,32,36)/t22-,23+/m1/s1. The number of hydrogen-bond acceptors (Lipinski definition) is 5. The van der Waals surface area contributed by atoms with Crippen LogP contribution in [0.15, 0.2) is 82.2 Å². The van der Waals surface area contributed by atoms with Crippen LogP contribution >= 0.6 is 15.9 Å². The first-order chi connectivity index (χ1) is 19.0. The fourth-order valence-corrected chi connectivity index (χ4v) is 5.86. The van der Waals surface area contributed by atoms with Gasteiger partial charge in [-0.05, 0) is 69.2 Å². The van der Waals surface area contributed by atoms with Crippen LogP contribution in [-0.2, 0) is 26.2 Å². The van der Waals surface area contributed by atoms with Gasteiger partial charge < -0.3 is 15.0 Å². The number of ether oxygens (including phenoxy) is 1. The zero-order valence-corrected chi connectivity index (χ0v) is 25.8. The molecule has 0 bridgehead atoms. The van der Waals surface area contributed by atoms with E-state index in [2.05, 4.69) is 21.2 Å². The van der Waals surface area contributed by atoms with Gasteiger partial charge >= 0.3 is 0 Å². The van der Waals surface area contributed by atoms with Crippen molar-refractivity contribution in [2.24, 2.45) is 0 Å². The average Bonchev–Trinajstić information content (AvgIpc) is 2.94. The van der Waals surface area contributed by atoms with Crippen LogP contribution in [0.25, 0.3) is 0 Å². The largest absolute Gasteiger partial charge is 0.497 e. The molecule has 0 aromatic heterocycles. The van der Waals surface area contributed by atoms with Crippen molar-refractivity contribution in [3.63, 3.8) is 0 Å².